The molecule has 1 saturated heterocycles. The quantitative estimate of drug-likeness (QED) is 0.426. The summed E-state index contributed by atoms with van der Waals surface area (Å²) in [4.78, 5) is 17.9. The highest BCUT2D eigenvalue weighted by molar-refractivity contribution is 6.62. The molecule has 0 amide bonds. The van der Waals surface area contributed by atoms with E-state index in [1.807, 2.05) is 6.07 Å². The highest BCUT2D eigenvalue weighted by atomic mass is 16.7. The van der Waals surface area contributed by atoms with Crippen molar-refractivity contribution in [3.63, 3.8) is 0 Å². The van der Waals surface area contributed by atoms with E-state index in [0.717, 1.165) is 40.3 Å². The van der Waals surface area contributed by atoms with Gasteiger partial charge in [0, 0.05) is 28.3 Å². The lowest BCUT2D eigenvalue weighted by atomic mass is 9.70. The van der Waals surface area contributed by atoms with Gasteiger partial charge in [-0.2, -0.15) is 4.98 Å². The Labute approximate surface area is 189 Å². The number of nitrogens with zero attached hydrogens (tertiary/aromatic N) is 2. The molecule has 2 bridgehead atoms. The molecule has 1 aliphatic heterocycles. The molecule has 5 nitrogen and oxygen atoms in total. The van der Waals surface area contributed by atoms with Gasteiger partial charge in [0.05, 0.1) is 11.2 Å². The number of pyridine rings is 1. The van der Waals surface area contributed by atoms with Crippen molar-refractivity contribution >= 4 is 29.0 Å². The first-order valence-corrected chi connectivity index (χ1v) is 11.7. The summed E-state index contributed by atoms with van der Waals surface area (Å²) in [6, 6.07) is 8.34. The molecule has 2 aliphatic carbocycles. The maximum Gasteiger partial charge on any atom is 0.494 e. The summed E-state index contributed by atoms with van der Waals surface area (Å²) in [6.07, 6.45) is 4.28. The van der Waals surface area contributed by atoms with Gasteiger partial charge in [0.25, 0.3) is 5.56 Å². The van der Waals surface area contributed by atoms with Crippen LogP contribution < -0.4 is 11.0 Å². The van der Waals surface area contributed by atoms with Crippen molar-refractivity contribution in [3.05, 3.63) is 52.1 Å². The Morgan fingerprint density at radius 3 is 2.41 bits per heavy atom. The van der Waals surface area contributed by atoms with E-state index in [2.05, 4.69) is 82.2 Å². The standard InChI is InChI=1S/C26H31BN2O3/c1-23(2)18-10-12-26(23,7)20-19(18)22(30)28-21-17-9-8-16(14-15(17)11-13-29(20)21)27-31-24(3,4)25(5,6)32-27/h8-9,11,13-14,18H,10,12H2,1-7H3. The Morgan fingerprint density at radius 1 is 1.03 bits per heavy atom. The maximum absolute atomic E-state index is 13.2. The van der Waals surface area contributed by atoms with Gasteiger partial charge in [-0.3, -0.25) is 4.79 Å². The third kappa shape index (κ3) is 2.27. The Balaban J connectivity index is 1.54. The molecule has 3 aromatic rings. The van der Waals surface area contributed by atoms with Gasteiger partial charge in [0.1, 0.15) is 5.65 Å². The smallest absolute Gasteiger partial charge is 0.399 e. The van der Waals surface area contributed by atoms with Crippen LogP contribution in [0.2, 0.25) is 0 Å². The molecule has 2 aromatic heterocycles. The third-order valence-electron chi connectivity index (χ3n) is 9.50. The molecule has 166 valence electrons. The molecule has 0 spiro atoms. The van der Waals surface area contributed by atoms with E-state index in [1.165, 1.54) is 5.69 Å². The maximum atomic E-state index is 13.2. The SMILES string of the molecule is CC1(C)OB(c2ccc3c(ccn4c5c(c(=O)nc34)C3CCC5(C)C3(C)C)c2)OC1(C)C. The normalized spacial score (nSPS) is 29.2. The van der Waals surface area contributed by atoms with Crippen molar-refractivity contribution < 1.29 is 9.31 Å². The molecule has 2 fully saturated rings. The zero-order valence-electron chi connectivity index (χ0n) is 20.1. The zero-order chi connectivity index (χ0) is 22.8. The molecule has 1 saturated carbocycles. The van der Waals surface area contributed by atoms with Crippen LogP contribution >= 0.6 is 0 Å². The number of rotatable bonds is 1. The number of hydrogen-bond acceptors (Lipinski definition) is 4. The Hall–Kier alpha value is -2.18. The van der Waals surface area contributed by atoms with Crippen molar-refractivity contribution in [1.82, 2.24) is 9.38 Å². The number of aromatic nitrogens is 2. The highest BCUT2D eigenvalue weighted by Gasteiger charge is 2.61. The molecular formula is C26H31BN2O3. The summed E-state index contributed by atoms with van der Waals surface area (Å²) in [7, 11) is -0.411. The predicted octanol–water partition coefficient (Wildman–Crippen LogP) is 4.32. The van der Waals surface area contributed by atoms with Gasteiger partial charge in [0.15, 0.2) is 0 Å². The first-order chi connectivity index (χ1) is 14.9. The van der Waals surface area contributed by atoms with Crippen molar-refractivity contribution in [1.29, 1.82) is 0 Å². The highest BCUT2D eigenvalue weighted by Crippen LogP contribution is 2.66. The van der Waals surface area contributed by atoms with Crippen molar-refractivity contribution in [2.75, 3.05) is 0 Å². The molecule has 3 aliphatic rings. The van der Waals surface area contributed by atoms with E-state index in [-0.39, 0.29) is 27.6 Å². The van der Waals surface area contributed by atoms with Crippen molar-refractivity contribution in [2.24, 2.45) is 5.41 Å². The monoisotopic (exact) mass is 430 g/mol. The van der Waals surface area contributed by atoms with Crippen molar-refractivity contribution in [2.45, 2.75) is 83.8 Å². The van der Waals surface area contributed by atoms with Gasteiger partial charge in [-0.15, -0.1) is 0 Å². The van der Waals surface area contributed by atoms with Crippen LogP contribution in [0.4, 0.5) is 0 Å². The van der Waals surface area contributed by atoms with Gasteiger partial charge in [-0.05, 0) is 68.8 Å². The lowest BCUT2D eigenvalue weighted by Gasteiger charge is -2.35. The van der Waals surface area contributed by atoms with E-state index in [1.54, 1.807) is 0 Å². The van der Waals surface area contributed by atoms with Crippen molar-refractivity contribution in [3.8, 4) is 0 Å². The first-order valence-electron chi connectivity index (χ1n) is 11.7. The summed E-state index contributed by atoms with van der Waals surface area (Å²) >= 11 is 0. The van der Waals surface area contributed by atoms with Crippen LogP contribution in [0.1, 0.15) is 78.5 Å². The second-order valence-electron chi connectivity index (χ2n) is 11.8. The van der Waals surface area contributed by atoms with Gasteiger partial charge < -0.3 is 13.7 Å². The fraction of sp³-hybridized carbons (Fsp3) is 0.538. The average Bonchev–Trinajstić information content (AvgIpc) is 3.16. The summed E-state index contributed by atoms with van der Waals surface area (Å²) in [5.74, 6) is 0.292. The molecule has 6 heteroatoms. The van der Waals surface area contributed by atoms with Crippen LogP contribution in [0.15, 0.2) is 35.3 Å². The molecule has 32 heavy (non-hydrogen) atoms. The van der Waals surface area contributed by atoms with Crippen LogP contribution in [-0.2, 0) is 14.7 Å². The summed E-state index contributed by atoms with van der Waals surface area (Å²) < 4.78 is 14.7. The average molecular weight is 430 g/mol. The summed E-state index contributed by atoms with van der Waals surface area (Å²) in [5, 5.41) is 2.02. The van der Waals surface area contributed by atoms with E-state index < -0.39 is 7.12 Å². The molecule has 0 N–H and O–H groups in total. The largest absolute Gasteiger partial charge is 0.494 e. The Morgan fingerprint density at radius 2 is 1.72 bits per heavy atom. The molecule has 3 heterocycles. The van der Waals surface area contributed by atoms with Gasteiger partial charge >= 0.3 is 7.12 Å². The summed E-state index contributed by atoms with van der Waals surface area (Å²) in [6.45, 7) is 15.2. The Bertz CT molecular complexity index is 1360. The second kappa shape index (κ2) is 5.84. The fourth-order valence-electron chi connectivity index (χ4n) is 6.39. The van der Waals surface area contributed by atoms with Gasteiger partial charge in [-0.25, -0.2) is 0 Å². The Kier molecular flexibility index (Phi) is 3.73. The van der Waals surface area contributed by atoms with Crippen LogP contribution in [-0.4, -0.2) is 27.7 Å². The lowest BCUT2D eigenvalue weighted by Crippen LogP contribution is -2.41. The topological polar surface area (TPSA) is 52.8 Å². The second-order valence-corrected chi connectivity index (χ2v) is 11.8. The van der Waals surface area contributed by atoms with E-state index >= 15 is 0 Å². The van der Waals surface area contributed by atoms with Gasteiger partial charge in [0.2, 0.25) is 0 Å². The zero-order valence-corrected chi connectivity index (χ0v) is 20.1. The number of hydrogen-bond donors (Lipinski definition) is 0. The minimum Gasteiger partial charge on any atom is -0.399 e. The van der Waals surface area contributed by atoms with Crippen LogP contribution in [0, 0.1) is 5.41 Å². The van der Waals surface area contributed by atoms with Crippen LogP contribution in [0.5, 0.6) is 0 Å². The minimum absolute atomic E-state index is 0.0195. The summed E-state index contributed by atoms with van der Waals surface area (Å²) in [5.41, 5.74) is 3.07. The van der Waals surface area contributed by atoms with E-state index in [9.17, 15) is 4.79 Å². The minimum atomic E-state index is -0.411. The molecule has 6 rings (SSSR count). The number of fused-ring (bicyclic) bond motifs is 9. The van der Waals surface area contributed by atoms with E-state index in [4.69, 9.17) is 9.31 Å². The lowest BCUT2D eigenvalue weighted by molar-refractivity contribution is 0.00578. The fourth-order valence-corrected chi connectivity index (χ4v) is 6.39. The molecular weight excluding hydrogens is 399 g/mol. The van der Waals surface area contributed by atoms with Gasteiger partial charge in [-0.1, -0.05) is 39.0 Å². The number of benzene rings is 1. The molecule has 0 radical (unpaired) electrons. The van der Waals surface area contributed by atoms with E-state index in [0.29, 0.717) is 5.92 Å². The third-order valence-corrected chi connectivity index (χ3v) is 9.50. The first kappa shape index (κ1) is 20.4. The molecule has 2 atom stereocenters. The van der Waals surface area contributed by atoms with Crippen LogP contribution in [0.3, 0.4) is 0 Å². The molecule has 1 aromatic carbocycles. The predicted molar refractivity (Wildman–Crippen MR) is 128 cm³/mol. The molecule has 2 unspecified atom stereocenters. The van der Waals surface area contributed by atoms with Crippen LogP contribution in [0.25, 0.3) is 16.4 Å².